The Balaban J connectivity index is 1.74. The zero-order valence-corrected chi connectivity index (χ0v) is 22.1. The molecular weight excluding hydrogens is 526 g/mol. The minimum Gasteiger partial charge on any atom is -0.380 e. The van der Waals surface area contributed by atoms with Gasteiger partial charge in [-0.25, -0.2) is 0 Å². The lowest BCUT2D eigenvalue weighted by Gasteiger charge is -2.42. The summed E-state index contributed by atoms with van der Waals surface area (Å²) in [6.45, 7) is 5.21. The molecule has 4 rings (SSSR count). The first-order valence-corrected chi connectivity index (χ1v) is 13.0. The SMILES string of the molecule is CCC1(COCc2ccccc2C(c2ccccc2COCC2(CC)COC2)(C(F)(F)F)C(F)(F)F)COC1. The van der Waals surface area contributed by atoms with E-state index in [-0.39, 0.29) is 35.2 Å². The van der Waals surface area contributed by atoms with Gasteiger partial charge in [0.15, 0.2) is 0 Å². The minimum absolute atomic E-state index is 0.175. The highest BCUT2D eigenvalue weighted by atomic mass is 19.4. The molecule has 0 N–H and O–H groups in total. The number of ether oxygens (including phenoxy) is 4. The van der Waals surface area contributed by atoms with Gasteiger partial charge in [0.2, 0.25) is 5.41 Å². The molecule has 0 atom stereocenters. The molecule has 0 aromatic heterocycles. The molecule has 2 saturated heterocycles. The molecule has 2 aliphatic heterocycles. The van der Waals surface area contributed by atoms with Crippen molar-refractivity contribution in [2.24, 2.45) is 10.8 Å². The molecule has 0 radical (unpaired) electrons. The van der Waals surface area contributed by atoms with Crippen molar-refractivity contribution in [1.82, 2.24) is 0 Å². The highest BCUT2D eigenvalue weighted by molar-refractivity contribution is 5.50. The Morgan fingerprint density at radius 3 is 1.28 bits per heavy atom. The molecule has 39 heavy (non-hydrogen) atoms. The maximum atomic E-state index is 15.0. The second-order valence-corrected chi connectivity index (χ2v) is 10.7. The maximum absolute atomic E-state index is 15.0. The zero-order chi connectivity index (χ0) is 28.4. The Labute approximate surface area is 224 Å². The van der Waals surface area contributed by atoms with Crippen molar-refractivity contribution in [3.8, 4) is 0 Å². The van der Waals surface area contributed by atoms with Crippen molar-refractivity contribution in [3.63, 3.8) is 0 Å². The van der Waals surface area contributed by atoms with Crippen LogP contribution in [0.4, 0.5) is 26.3 Å². The van der Waals surface area contributed by atoms with Crippen molar-refractivity contribution < 1.29 is 45.3 Å². The van der Waals surface area contributed by atoms with E-state index in [0.717, 1.165) is 25.0 Å². The Morgan fingerprint density at radius 2 is 1.00 bits per heavy atom. The van der Waals surface area contributed by atoms with Crippen LogP contribution in [-0.4, -0.2) is 52.0 Å². The van der Waals surface area contributed by atoms with Crippen LogP contribution in [0.25, 0.3) is 0 Å². The molecule has 2 aromatic carbocycles. The van der Waals surface area contributed by atoms with Gasteiger partial charge in [-0.1, -0.05) is 62.4 Å². The number of hydrogen-bond donors (Lipinski definition) is 0. The van der Waals surface area contributed by atoms with Crippen molar-refractivity contribution in [2.45, 2.75) is 57.7 Å². The van der Waals surface area contributed by atoms with Crippen LogP contribution in [0, 0.1) is 10.8 Å². The van der Waals surface area contributed by atoms with Crippen molar-refractivity contribution in [3.05, 3.63) is 70.8 Å². The van der Waals surface area contributed by atoms with E-state index in [1.54, 1.807) is 0 Å². The van der Waals surface area contributed by atoms with Crippen LogP contribution in [0.1, 0.15) is 48.9 Å². The monoisotopic (exact) mass is 560 g/mol. The van der Waals surface area contributed by atoms with Crippen LogP contribution in [0.3, 0.4) is 0 Å². The highest BCUT2D eigenvalue weighted by Crippen LogP contribution is 2.57. The molecule has 2 aliphatic rings. The van der Waals surface area contributed by atoms with Gasteiger partial charge in [0, 0.05) is 10.8 Å². The van der Waals surface area contributed by atoms with Gasteiger partial charge in [0.1, 0.15) is 0 Å². The Bertz CT molecular complexity index is 1010. The average molecular weight is 561 g/mol. The van der Waals surface area contributed by atoms with Gasteiger partial charge in [-0.3, -0.25) is 0 Å². The van der Waals surface area contributed by atoms with E-state index in [1.807, 2.05) is 13.8 Å². The van der Waals surface area contributed by atoms with Crippen LogP contribution in [-0.2, 0) is 37.6 Å². The van der Waals surface area contributed by atoms with Gasteiger partial charge in [-0.05, 0) is 35.1 Å². The van der Waals surface area contributed by atoms with Crippen molar-refractivity contribution in [2.75, 3.05) is 39.6 Å². The van der Waals surface area contributed by atoms with E-state index >= 15 is 26.3 Å². The fourth-order valence-corrected chi connectivity index (χ4v) is 5.26. The van der Waals surface area contributed by atoms with E-state index < -0.39 is 42.1 Å². The summed E-state index contributed by atoms with van der Waals surface area (Å²) in [6, 6.07) is 9.55. The minimum atomic E-state index is -5.71. The first-order valence-electron chi connectivity index (χ1n) is 13.0. The van der Waals surface area contributed by atoms with E-state index in [1.165, 1.54) is 36.4 Å². The molecule has 4 nitrogen and oxygen atoms in total. The standard InChI is InChI=1S/C29H34F6O4/c1-3-25(17-38-18-25)15-36-13-21-9-5-7-11-23(21)27(28(30,31)32,29(33,34)35)24-12-8-6-10-22(24)14-37-16-26(4-2)19-39-20-26/h5-12H,3-4,13-20H2,1-2H3. The molecule has 2 aromatic rings. The summed E-state index contributed by atoms with van der Waals surface area (Å²) in [5.74, 6) is 0. The lowest BCUT2D eigenvalue weighted by molar-refractivity contribution is -0.289. The molecule has 10 heteroatoms. The predicted octanol–water partition coefficient (Wildman–Crippen LogP) is 6.98. The number of rotatable bonds is 12. The van der Waals surface area contributed by atoms with Crippen LogP contribution >= 0.6 is 0 Å². The quantitative estimate of drug-likeness (QED) is 0.263. The van der Waals surface area contributed by atoms with E-state index in [2.05, 4.69) is 0 Å². The maximum Gasteiger partial charge on any atom is 0.411 e. The molecule has 0 saturated carbocycles. The number of hydrogen-bond acceptors (Lipinski definition) is 4. The molecule has 0 aliphatic carbocycles. The molecule has 2 fully saturated rings. The molecule has 0 bridgehead atoms. The van der Waals surface area contributed by atoms with Crippen LogP contribution in [0.15, 0.2) is 48.5 Å². The third-order valence-corrected chi connectivity index (χ3v) is 8.16. The van der Waals surface area contributed by atoms with Crippen LogP contribution < -0.4 is 0 Å². The first kappa shape index (κ1) is 29.8. The largest absolute Gasteiger partial charge is 0.411 e. The first-order chi connectivity index (χ1) is 18.4. The number of halogens is 6. The second-order valence-electron chi connectivity index (χ2n) is 10.7. The number of alkyl halides is 6. The van der Waals surface area contributed by atoms with Gasteiger partial charge in [0.05, 0.1) is 52.9 Å². The van der Waals surface area contributed by atoms with Crippen molar-refractivity contribution >= 4 is 0 Å². The summed E-state index contributed by atoms with van der Waals surface area (Å²) in [7, 11) is 0. The normalized spacial score (nSPS) is 18.9. The predicted molar refractivity (Wildman–Crippen MR) is 132 cm³/mol. The third-order valence-electron chi connectivity index (χ3n) is 8.16. The fourth-order valence-electron chi connectivity index (χ4n) is 5.26. The van der Waals surface area contributed by atoms with Gasteiger partial charge >= 0.3 is 12.4 Å². The Kier molecular flexibility index (Phi) is 8.71. The van der Waals surface area contributed by atoms with E-state index in [9.17, 15) is 0 Å². The van der Waals surface area contributed by atoms with Crippen molar-refractivity contribution in [1.29, 1.82) is 0 Å². The van der Waals surface area contributed by atoms with Gasteiger partial charge in [-0.2, -0.15) is 26.3 Å². The summed E-state index contributed by atoms with van der Waals surface area (Å²) in [5.41, 5.74) is -6.98. The van der Waals surface area contributed by atoms with Gasteiger partial charge in [-0.15, -0.1) is 0 Å². The highest BCUT2D eigenvalue weighted by Gasteiger charge is 2.73. The summed E-state index contributed by atoms with van der Waals surface area (Å²) < 4.78 is 112. The van der Waals surface area contributed by atoms with E-state index in [0.29, 0.717) is 26.4 Å². The molecule has 216 valence electrons. The molecule has 0 unspecified atom stereocenters. The molecule has 0 spiro atoms. The summed E-state index contributed by atoms with van der Waals surface area (Å²) in [6.07, 6.45) is -9.97. The van der Waals surface area contributed by atoms with Gasteiger partial charge < -0.3 is 18.9 Å². The van der Waals surface area contributed by atoms with E-state index in [4.69, 9.17) is 18.9 Å². The lowest BCUT2D eigenvalue weighted by atomic mass is 9.69. The Hall–Kier alpha value is -2.14. The summed E-state index contributed by atoms with van der Waals surface area (Å²) in [4.78, 5) is 0. The fraction of sp³-hybridized carbons (Fsp3) is 0.586. The molecule has 0 amide bonds. The third kappa shape index (κ3) is 5.58. The molecule has 2 heterocycles. The van der Waals surface area contributed by atoms with Crippen LogP contribution in [0.2, 0.25) is 0 Å². The summed E-state index contributed by atoms with van der Waals surface area (Å²) >= 11 is 0. The number of benzene rings is 2. The Morgan fingerprint density at radius 1 is 0.641 bits per heavy atom. The van der Waals surface area contributed by atoms with Gasteiger partial charge in [0.25, 0.3) is 0 Å². The lowest BCUT2D eigenvalue weighted by Crippen LogP contribution is -2.55. The van der Waals surface area contributed by atoms with Crippen LogP contribution in [0.5, 0.6) is 0 Å². The zero-order valence-electron chi connectivity index (χ0n) is 22.1. The average Bonchev–Trinajstić information content (AvgIpc) is 2.83. The second kappa shape index (κ2) is 11.4. The topological polar surface area (TPSA) is 36.9 Å². The molecular formula is C29H34F6O4. The summed E-state index contributed by atoms with van der Waals surface area (Å²) in [5, 5.41) is 0. The smallest absolute Gasteiger partial charge is 0.380 e.